The van der Waals surface area contributed by atoms with Crippen LogP contribution in [-0.2, 0) is 4.79 Å². The van der Waals surface area contributed by atoms with Gasteiger partial charge >= 0.3 is 5.97 Å². The van der Waals surface area contributed by atoms with Crippen LogP contribution in [0.2, 0.25) is 0 Å². The molecule has 0 atom stereocenters. The van der Waals surface area contributed by atoms with Crippen molar-refractivity contribution < 1.29 is 19.4 Å². The van der Waals surface area contributed by atoms with Crippen LogP contribution in [0.5, 0.6) is 5.75 Å². The number of benzene rings is 2. The van der Waals surface area contributed by atoms with Gasteiger partial charge in [0.2, 0.25) is 0 Å². The molecule has 5 nitrogen and oxygen atoms in total. The predicted molar refractivity (Wildman–Crippen MR) is 83.4 cm³/mol. The predicted octanol–water partition coefficient (Wildman–Crippen LogP) is 3.02. The average Bonchev–Trinajstić information content (AvgIpc) is 2.47. The van der Waals surface area contributed by atoms with Crippen LogP contribution in [0.25, 0.3) is 0 Å². The lowest BCUT2D eigenvalue weighted by atomic mass is 10.1. The average molecular weight is 299 g/mol. The van der Waals surface area contributed by atoms with Crippen molar-refractivity contribution in [2.75, 3.05) is 11.9 Å². The fourth-order valence-electron chi connectivity index (χ4n) is 2.00. The molecule has 0 aromatic heterocycles. The lowest BCUT2D eigenvalue weighted by Gasteiger charge is -2.10. The van der Waals surface area contributed by atoms with Crippen molar-refractivity contribution in [1.29, 1.82) is 0 Å². The molecular weight excluding hydrogens is 282 g/mol. The number of carboxylic acids is 1. The Labute approximate surface area is 128 Å². The van der Waals surface area contributed by atoms with Crippen LogP contribution < -0.4 is 10.1 Å². The van der Waals surface area contributed by atoms with E-state index in [4.69, 9.17) is 9.84 Å². The molecule has 0 unspecified atom stereocenters. The zero-order valence-corrected chi connectivity index (χ0v) is 12.4. The van der Waals surface area contributed by atoms with E-state index in [1.807, 2.05) is 32.0 Å². The maximum absolute atomic E-state index is 11.8. The Hall–Kier alpha value is -2.82. The van der Waals surface area contributed by atoms with Gasteiger partial charge in [-0.3, -0.25) is 4.79 Å². The quantitative estimate of drug-likeness (QED) is 0.890. The Balaban J connectivity index is 1.91. The molecule has 0 bridgehead atoms. The van der Waals surface area contributed by atoms with Crippen molar-refractivity contribution in [3.05, 3.63) is 59.2 Å². The van der Waals surface area contributed by atoms with E-state index in [-0.39, 0.29) is 18.1 Å². The summed E-state index contributed by atoms with van der Waals surface area (Å²) in [5, 5.41) is 11.5. The summed E-state index contributed by atoms with van der Waals surface area (Å²) in [6, 6.07) is 11.7. The van der Waals surface area contributed by atoms with E-state index in [0.29, 0.717) is 11.4 Å². The highest BCUT2D eigenvalue weighted by atomic mass is 16.5. The number of carboxylic acid groups (broad SMARTS) is 1. The van der Waals surface area contributed by atoms with E-state index < -0.39 is 5.97 Å². The first-order valence-corrected chi connectivity index (χ1v) is 6.79. The summed E-state index contributed by atoms with van der Waals surface area (Å²) in [6.07, 6.45) is 0. The number of anilines is 1. The van der Waals surface area contributed by atoms with Crippen LogP contribution in [0, 0.1) is 13.8 Å². The Kier molecular flexibility index (Phi) is 4.78. The van der Waals surface area contributed by atoms with Crippen molar-refractivity contribution in [3.8, 4) is 5.75 Å². The third-order valence-corrected chi connectivity index (χ3v) is 3.10. The molecule has 0 radical (unpaired) electrons. The molecule has 0 saturated heterocycles. The maximum atomic E-state index is 11.8. The number of hydrogen-bond donors (Lipinski definition) is 2. The first kappa shape index (κ1) is 15.6. The molecule has 0 aliphatic rings. The number of ether oxygens (including phenoxy) is 1. The first-order chi connectivity index (χ1) is 10.5. The number of nitrogens with one attached hydrogen (secondary N) is 1. The number of carbonyl (C=O) groups excluding carboxylic acids is 1. The molecule has 22 heavy (non-hydrogen) atoms. The number of rotatable bonds is 5. The second-order valence-corrected chi connectivity index (χ2v) is 4.99. The summed E-state index contributed by atoms with van der Waals surface area (Å²) >= 11 is 0. The molecule has 2 aromatic carbocycles. The van der Waals surface area contributed by atoms with E-state index in [1.54, 1.807) is 12.1 Å². The van der Waals surface area contributed by atoms with E-state index >= 15 is 0 Å². The van der Waals surface area contributed by atoms with Gasteiger partial charge < -0.3 is 15.2 Å². The molecule has 2 aromatic rings. The van der Waals surface area contributed by atoms with Gasteiger partial charge in [0.25, 0.3) is 5.91 Å². The molecule has 114 valence electrons. The molecule has 2 rings (SSSR count). The standard InChI is InChI=1S/C17H17NO4/c1-11-3-8-15(12(2)9-11)22-10-16(19)18-14-6-4-13(5-7-14)17(20)21/h3-9H,10H2,1-2H3,(H,18,19)(H,20,21). The molecule has 0 aliphatic carbocycles. The highest BCUT2D eigenvalue weighted by molar-refractivity contribution is 5.93. The molecule has 2 N–H and O–H groups in total. The Morgan fingerprint density at radius 1 is 1.09 bits per heavy atom. The number of amides is 1. The summed E-state index contributed by atoms with van der Waals surface area (Å²) in [7, 11) is 0. The molecule has 5 heteroatoms. The number of aryl methyl sites for hydroxylation is 2. The summed E-state index contributed by atoms with van der Waals surface area (Å²) < 4.78 is 5.48. The zero-order valence-electron chi connectivity index (χ0n) is 12.4. The van der Waals surface area contributed by atoms with Gasteiger partial charge in [0.15, 0.2) is 6.61 Å². The normalized spacial score (nSPS) is 10.1. The molecule has 0 heterocycles. The maximum Gasteiger partial charge on any atom is 0.335 e. The molecule has 0 saturated carbocycles. The number of hydrogen-bond acceptors (Lipinski definition) is 3. The van der Waals surface area contributed by atoms with Crippen LogP contribution in [0.1, 0.15) is 21.5 Å². The summed E-state index contributed by atoms with van der Waals surface area (Å²) in [5.41, 5.74) is 2.80. The Morgan fingerprint density at radius 3 is 2.36 bits per heavy atom. The highest BCUT2D eigenvalue weighted by Gasteiger charge is 2.07. The van der Waals surface area contributed by atoms with Crippen LogP contribution >= 0.6 is 0 Å². The van der Waals surface area contributed by atoms with Gasteiger partial charge in [-0.2, -0.15) is 0 Å². The van der Waals surface area contributed by atoms with E-state index in [9.17, 15) is 9.59 Å². The third-order valence-electron chi connectivity index (χ3n) is 3.10. The topological polar surface area (TPSA) is 75.6 Å². The molecule has 0 fully saturated rings. The minimum absolute atomic E-state index is 0.107. The largest absolute Gasteiger partial charge is 0.483 e. The number of carbonyl (C=O) groups is 2. The zero-order chi connectivity index (χ0) is 16.1. The Morgan fingerprint density at radius 2 is 1.77 bits per heavy atom. The minimum Gasteiger partial charge on any atom is -0.483 e. The van der Waals surface area contributed by atoms with Crippen molar-refractivity contribution in [1.82, 2.24) is 0 Å². The van der Waals surface area contributed by atoms with Gasteiger partial charge in [0.05, 0.1) is 5.56 Å². The minimum atomic E-state index is -1.00. The first-order valence-electron chi connectivity index (χ1n) is 6.79. The molecule has 1 amide bonds. The second kappa shape index (κ2) is 6.76. The lowest BCUT2D eigenvalue weighted by molar-refractivity contribution is -0.118. The van der Waals surface area contributed by atoms with Crippen molar-refractivity contribution >= 4 is 17.6 Å². The van der Waals surface area contributed by atoms with E-state index in [1.165, 1.54) is 12.1 Å². The van der Waals surface area contributed by atoms with Gasteiger partial charge in [-0.1, -0.05) is 17.7 Å². The van der Waals surface area contributed by atoms with Gasteiger partial charge in [-0.15, -0.1) is 0 Å². The van der Waals surface area contributed by atoms with Gasteiger partial charge in [-0.25, -0.2) is 4.79 Å². The van der Waals surface area contributed by atoms with Crippen molar-refractivity contribution in [2.24, 2.45) is 0 Å². The molecule has 0 aliphatic heterocycles. The van der Waals surface area contributed by atoms with Gasteiger partial charge in [-0.05, 0) is 49.7 Å². The van der Waals surface area contributed by atoms with Crippen molar-refractivity contribution in [3.63, 3.8) is 0 Å². The Bertz CT molecular complexity index is 692. The van der Waals surface area contributed by atoms with E-state index in [0.717, 1.165) is 11.1 Å². The van der Waals surface area contributed by atoms with Gasteiger partial charge in [0.1, 0.15) is 5.75 Å². The van der Waals surface area contributed by atoms with Crippen molar-refractivity contribution in [2.45, 2.75) is 13.8 Å². The summed E-state index contributed by atoms with van der Waals surface area (Å²) in [4.78, 5) is 22.6. The fraction of sp³-hybridized carbons (Fsp3) is 0.176. The summed E-state index contributed by atoms with van der Waals surface area (Å²) in [5.74, 6) is -0.638. The van der Waals surface area contributed by atoms with Gasteiger partial charge in [0, 0.05) is 5.69 Å². The fourth-order valence-corrected chi connectivity index (χ4v) is 2.00. The van der Waals surface area contributed by atoms with Crippen LogP contribution in [0.15, 0.2) is 42.5 Å². The van der Waals surface area contributed by atoms with Crippen LogP contribution in [0.4, 0.5) is 5.69 Å². The SMILES string of the molecule is Cc1ccc(OCC(=O)Nc2ccc(C(=O)O)cc2)c(C)c1. The lowest BCUT2D eigenvalue weighted by Crippen LogP contribution is -2.20. The monoisotopic (exact) mass is 299 g/mol. The molecular formula is C17H17NO4. The highest BCUT2D eigenvalue weighted by Crippen LogP contribution is 2.18. The third kappa shape index (κ3) is 4.09. The van der Waals surface area contributed by atoms with Crippen LogP contribution in [-0.4, -0.2) is 23.6 Å². The second-order valence-electron chi connectivity index (χ2n) is 4.99. The smallest absolute Gasteiger partial charge is 0.335 e. The molecule has 0 spiro atoms. The van der Waals surface area contributed by atoms with Crippen LogP contribution in [0.3, 0.4) is 0 Å². The van der Waals surface area contributed by atoms with E-state index in [2.05, 4.69) is 5.32 Å². The summed E-state index contributed by atoms with van der Waals surface area (Å²) in [6.45, 7) is 3.81. The number of aromatic carboxylic acids is 1.